The van der Waals surface area contributed by atoms with Gasteiger partial charge in [0.2, 0.25) is 5.91 Å². The molecule has 0 saturated heterocycles. The molecule has 0 N–H and O–H groups in total. The van der Waals surface area contributed by atoms with E-state index < -0.39 is 0 Å². The van der Waals surface area contributed by atoms with Crippen LogP contribution in [-0.4, -0.2) is 54.5 Å². The average molecular weight is 291 g/mol. The molecule has 0 atom stereocenters. The summed E-state index contributed by atoms with van der Waals surface area (Å²) in [5.41, 5.74) is 2.06. The Morgan fingerprint density at radius 1 is 0.857 bits per heavy atom. The molecule has 0 aromatic heterocycles. The van der Waals surface area contributed by atoms with Crippen LogP contribution in [0.15, 0.2) is 73.8 Å². The summed E-state index contributed by atoms with van der Waals surface area (Å²) in [6.07, 6.45) is 0. The fourth-order valence-corrected chi connectivity index (χ4v) is 2.03. The molecule has 0 fully saturated rings. The van der Waals surface area contributed by atoms with Gasteiger partial charge in [0, 0.05) is 14.1 Å². The first-order valence-corrected chi connectivity index (χ1v) is 6.51. The number of carbonyl (C=O) groups excluding carboxylic acids is 1. The molecule has 0 spiro atoms. The Bertz CT molecular complexity index is 486. The molecular formula is C18H22NNaO. The van der Waals surface area contributed by atoms with E-state index in [4.69, 9.17) is 0 Å². The molecular weight excluding hydrogens is 269 g/mol. The van der Waals surface area contributed by atoms with Gasteiger partial charge in [-0.2, -0.15) is 0 Å². The normalized spacial score (nSPS) is 9.10. The maximum absolute atomic E-state index is 12.4. The first kappa shape index (κ1) is 19.7. The van der Waals surface area contributed by atoms with Crippen molar-refractivity contribution in [1.82, 2.24) is 4.90 Å². The Kier molecular flexibility index (Phi) is 9.72. The van der Waals surface area contributed by atoms with E-state index in [0.29, 0.717) is 0 Å². The van der Waals surface area contributed by atoms with Crippen molar-refractivity contribution in [2.45, 2.75) is 5.92 Å². The molecule has 21 heavy (non-hydrogen) atoms. The van der Waals surface area contributed by atoms with Crippen LogP contribution >= 0.6 is 0 Å². The van der Waals surface area contributed by atoms with E-state index >= 15 is 0 Å². The number of hydrogen-bond donors (Lipinski definition) is 0. The van der Waals surface area contributed by atoms with Gasteiger partial charge in [0.15, 0.2) is 0 Å². The Balaban J connectivity index is 0.00000128. The molecule has 3 heteroatoms. The summed E-state index contributed by atoms with van der Waals surface area (Å²) in [6.45, 7) is 6.00. The predicted molar refractivity (Wildman–Crippen MR) is 91.8 cm³/mol. The number of hydrogen-bond acceptors (Lipinski definition) is 1. The van der Waals surface area contributed by atoms with Crippen molar-refractivity contribution in [2.24, 2.45) is 0 Å². The van der Waals surface area contributed by atoms with E-state index in [0.717, 1.165) is 11.1 Å². The van der Waals surface area contributed by atoms with Gasteiger partial charge < -0.3 is 4.90 Å². The molecule has 0 unspecified atom stereocenters. The van der Waals surface area contributed by atoms with Crippen LogP contribution in [0.2, 0.25) is 0 Å². The summed E-state index contributed by atoms with van der Waals surface area (Å²) in [4.78, 5) is 14.0. The summed E-state index contributed by atoms with van der Waals surface area (Å²) in [5, 5.41) is 0. The van der Waals surface area contributed by atoms with E-state index in [1.165, 1.54) is 0 Å². The topological polar surface area (TPSA) is 20.3 Å². The summed E-state index contributed by atoms with van der Waals surface area (Å²) in [5.74, 6) is -0.116. The quantitative estimate of drug-likeness (QED) is 0.629. The van der Waals surface area contributed by atoms with Crippen molar-refractivity contribution >= 4 is 35.5 Å². The van der Waals surface area contributed by atoms with Gasteiger partial charge in [-0.05, 0) is 11.1 Å². The molecule has 106 valence electrons. The van der Waals surface area contributed by atoms with Gasteiger partial charge in [0.25, 0.3) is 0 Å². The predicted octanol–water partition coefficient (Wildman–Crippen LogP) is 3.06. The van der Waals surface area contributed by atoms with E-state index in [1.54, 1.807) is 19.0 Å². The minimum absolute atomic E-state index is 0. The number of likely N-dealkylation sites (N-methyl/N-ethyl adjacent to an activating group) is 1. The molecule has 1 amide bonds. The summed E-state index contributed by atoms with van der Waals surface area (Å²) >= 11 is 0. The molecule has 2 nitrogen and oxygen atoms in total. The monoisotopic (exact) mass is 291 g/mol. The van der Waals surface area contributed by atoms with Crippen molar-refractivity contribution in [3.63, 3.8) is 0 Å². The van der Waals surface area contributed by atoms with E-state index in [1.807, 2.05) is 60.7 Å². The van der Waals surface area contributed by atoms with Gasteiger partial charge in [-0.3, -0.25) is 4.79 Å². The zero-order valence-electron chi connectivity index (χ0n) is 12.1. The summed E-state index contributed by atoms with van der Waals surface area (Å²) in [6, 6.07) is 19.8. The molecule has 0 aliphatic rings. The molecule has 0 aliphatic carbocycles. The van der Waals surface area contributed by atoms with Gasteiger partial charge in [-0.15, -0.1) is 13.2 Å². The molecule has 2 aromatic rings. The summed E-state index contributed by atoms with van der Waals surface area (Å²) < 4.78 is 0. The first-order valence-electron chi connectivity index (χ1n) is 6.51. The zero-order valence-corrected chi connectivity index (χ0v) is 12.1. The number of nitrogens with zero attached hydrogens (tertiary/aromatic N) is 1. The van der Waals surface area contributed by atoms with Crippen LogP contribution in [0, 0.1) is 0 Å². The maximum atomic E-state index is 12.4. The van der Waals surface area contributed by atoms with Crippen molar-refractivity contribution in [1.29, 1.82) is 0 Å². The van der Waals surface area contributed by atoms with E-state index in [9.17, 15) is 4.79 Å². The van der Waals surface area contributed by atoms with Gasteiger partial charge in [-0.25, -0.2) is 0 Å². The zero-order chi connectivity index (χ0) is 15.0. The van der Waals surface area contributed by atoms with E-state index in [2.05, 4.69) is 13.2 Å². The third-order valence-electron chi connectivity index (χ3n) is 2.95. The van der Waals surface area contributed by atoms with Gasteiger partial charge in [-0.1, -0.05) is 60.7 Å². The number of rotatable bonds is 3. The van der Waals surface area contributed by atoms with Crippen molar-refractivity contribution in [2.75, 3.05) is 14.1 Å². The molecule has 0 radical (unpaired) electrons. The van der Waals surface area contributed by atoms with Crippen LogP contribution in [0.25, 0.3) is 0 Å². The number of carbonyl (C=O) groups is 1. The van der Waals surface area contributed by atoms with Crippen LogP contribution < -0.4 is 0 Å². The van der Waals surface area contributed by atoms with Gasteiger partial charge >= 0.3 is 29.6 Å². The molecule has 2 rings (SSSR count). The SMILES string of the molecule is C=C.CN(C)C(=O)C(c1ccccc1)c1ccccc1.[NaH]. The first-order chi connectivity index (χ1) is 9.70. The second-order valence-electron chi connectivity index (χ2n) is 4.49. The fourth-order valence-electron chi connectivity index (χ4n) is 2.03. The number of benzene rings is 2. The molecule has 0 saturated carbocycles. The van der Waals surface area contributed by atoms with E-state index in [-0.39, 0.29) is 41.4 Å². The Morgan fingerprint density at radius 3 is 1.48 bits per heavy atom. The Labute approximate surface area is 149 Å². The van der Waals surface area contributed by atoms with Gasteiger partial charge in [0.1, 0.15) is 0 Å². The van der Waals surface area contributed by atoms with Crippen LogP contribution in [-0.2, 0) is 4.79 Å². The number of amides is 1. The molecule has 0 heterocycles. The molecule has 2 aromatic carbocycles. The Hall–Kier alpha value is -1.35. The van der Waals surface area contributed by atoms with Crippen LogP contribution in [0.3, 0.4) is 0 Å². The molecule has 0 bridgehead atoms. The standard InChI is InChI=1S/C16H17NO.C2H4.Na.H/c1-17(2)16(18)15(13-9-5-3-6-10-13)14-11-7-4-8-12-14;1-2;;/h3-12,15H,1-2H3;1-2H2;;. The second kappa shape index (κ2) is 10.4. The molecule has 0 aliphatic heterocycles. The van der Waals surface area contributed by atoms with Crippen LogP contribution in [0.5, 0.6) is 0 Å². The van der Waals surface area contributed by atoms with Crippen LogP contribution in [0.4, 0.5) is 0 Å². The summed E-state index contributed by atoms with van der Waals surface area (Å²) in [7, 11) is 3.59. The van der Waals surface area contributed by atoms with Gasteiger partial charge in [0.05, 0.1) is 5.92 Å². The Morgan fingerprint density at radius 2 is 1.19 bits per heavy atom. The minimum atomic E-state index is -0.220. The van der Waals surface area contributed by atoms with Crippen molar-refractivity contribution in [3.8, 4) is 0 Å². The van der Waals surface area contributed by atoms with Crippen molar-refractivity contribution < 1.29 is 4.79 Å². The van der Waals surface area contributed by atoms with Crippen LogP contribution in [0.1, 0.15) is 17.0 Å². The average Bonchev–Trinajstić information content (AvgIpc) is 2.51. The fraction of sp³-hybridized carbons (Fsp3) is 0.167. The third-order valence-corrected chi connectivity index (χ3v) is 2.95. The second-order valence-corrected chi connectivity index (χ2v) is 4.49. The third kappa shape index (κ3) is 5.50. The van der Waals surface area contributed by atoms with Crippen molar-refractivity contribution in [3.05, 3.63) is 84.9 Å².